The summed E-state index contributed by atoms with van der Waals surface area (Å²) < 4.78 is 0. The Morgan fingerprint density at radius 2 is 2.21 bits per heavy atom. The summed E-state index contributed by atoms with van der Waals surface area (Å²) in [5.41, 5.74) is 0. The molecule has 80 valence electrons. The van der Waals surface area contributed by atoms with Crippen LogP contribution in [0.5, 0.6) is 0 Å². The third-order valence-electron chi connectivity index (χ3n) is 2.39. The van der Waals surface area contributed by atoms with Gasteiger partial charge < -0.3 is 10.6 Å². The molecule has 0 saturated heterocycles. The monoisotopic (exact) mass is 197 g/mol. The summed E-state index contributed by atoms with van der Waals surface area (Å²) in [6, 6.07) is -0.156. The van der Waals surface area contributed by atoms with Crippen molar-refractivity contribution in [1.29, 1.82) is 0 Å². The van der Waals surface area contributed by atoms with Crippen LogP contribution in [-0.4, -0.2) is 31.4 Å². The fourth-order valence-electron chi connectivity index (χ4n) is 1.53. The van der Waals surface area contributed by atoms with Crippen molar-refractivity contribution in [3.8, 4) is 0 Å². The van der Waals surface area contributed by atoms with Crippen LogP contribution in [0.1, 0.15) is 26.7 Å². The van der Waals surface area contributed by atoms with Gasteiger partial charge in [0.05, 0.1) is 5.84 Å². The zero-order valence-corrected chi connectivity index (χ0v) is 9.13. The Bertz CT molecular complexity index is 236. The molecule has 4 heteroatoms. The molecule has 1 aliphatic heterocycles. The maximum atomic E-state index is 11.5. The fraction of sp³-hybridized carbons (Fsp3) is 0.800. The highest BCUT2D eigenvalue weighted by Crippen LogP contribution is 2.06. The molecule has 14 heavy (non-hydrogen) atoms. The lowest BCUT2D eigenvalue weighted by molar-refractivity contribution is -0.123. The Morgan fingerprint density at radius 1 is 1.50 bits per heavy atom. The van der Waals surface area contributed by atoms with Crippen molar-refractivity contribution in [2.24, 2.45) is 10.9 Å². The second-order valence-electron chi connectivity index (χ2n) is 3.91. The van der Waals surface area contributed by atoms with Gasteiger partial charge in [0.15, 0.2) is 0 Å². The number of rotatable bonds is 3. The number of aliphatic imine (C=N–C) groups is 1. The molecular weight excluding hydrogens is 178 g/mol. The number of amides is 1. The smallest absolute Gasteiger partial charge is 0.242 e. The molecule has 1 aliphatic rings. The molecule has 2 N–H and O–H groups in total. The quantitative estimate of drug-likeness (QED) is 0.694. The first-order valence-corrected chi connectivity index (χ1v) is 5.16. The SMILES string of the molecule is CNC(=O)[C@H](NC1=NCCC1)C(C)C. The van der Waals surface area contributed by atoms with E-state index < -0.39 is 0 Å². The van der Waals surface area contributed by atoms with Crippen molar-refractivity contribution in [2.75, 3.05) is 13.6 Å². The lowest BCUT2D eigenvalue weighted by atomic mass is 10.0. The Labute approximate surface area is 85.2 Å². The summed E-state index contributed by atoms with van der Waals surface area (Å²) in [6.07, 6.45) is 2.07. The van der Waals surface area contributed by atoms with Crippen LogP contribution < -0.4 is 10.6 Å². The molecule has 0 aromatic rings. The van der Waals surface area contributed by atoms with Crippen molar-refractivity contribution in [2.45, 2.75) is 32.7 Å². The first-order valence-electron chi connectivity index (χ1n) is 5.16. The van der Waals surface area contributed by atoms with Crippen LogP contribution in [0.25, 0.3) is 0 Å². The topological polar surface area (TPSA) is 53.5 Å². The van der Waals surface area contributed by atoms with Gasteiger partial charge in [-0.05, 0) is 12.3 Å². The third-order valence-corrected chi connectivity index (χ3v) is 2.39. The first-order chi connectivity index (χ1) is 6.65. The Morgan fingerprint density at radius 3 is 2.64 bits per heavy atom. The molecule has 0 bridgehead atoms. The van der Waals surface area contributed by atoms with Gasteiger partial charge in [0, 0.05) is 20.0 Å². The largest absolute Gasteiger partial charge is 0.362 e. The number of nitrogens with one attached hydrogen (secondary N) is 2. The summed E-state index contributed by atoms with van der Waals surface area (Å²) in [5, 5.41) is 5.87. The molecule has 0 saturated carbocycles. The average Bonchev–Trinajstić information content (AvgIpc) is 2.65. The Balaban J connectivity index is 2.54. The standard InChI is InChI=1S/C10H19N3O/c1-7(2)9(10(14)11-3)13-8-5-4-6-12-8/h7,9H,4-6H2,1-3H3,(H,11,14)(H,12,13)/t9-/m1/s1. The van der Waals surface area contributed by atoms with Crippen LogP contribution >= 0.6 is 0 Å². The van der Waals surface area contributed by atoms with E-state index in [9.17, 15) is 4.79 Å². The van der Waals surface area contributed by atoms with E-state index in [2.05, 4.69) is 15.6 Å². The normalized spacial score (nSPS) is 17.9. The van der Waals surface area contributed by atoms with E-state index >= 15 is 0 Å². The van der Waals surface area contributed by atoms with Crippen LogP contribution in [0.4, 0.5) is 0 Å². The van der Waals surface area contributed by atoms with E-state index in [1.807, 2.05) is 13.8 Å². The molecule has 0 aliphatic carbocycles. The minimum atomic E-state index is -0.156. The van der Waals surface area contributed by atoms with Crippen LogP contribution in [0.15, 0.2) is 4.99 Å². The second kappa shape index (κ2) is 4.98. The number of hydrogen-bond donors (Lipinski definition) is 2. The second-order valence-corrected chi connectivity index (χ2v) is 3.91. The zero-order chi connectivity index (χ0) is 10.6. The van der Waals surface area contributed by atoms with E-state index in [1.165, 1.54) is 0 Å². The zero-order valence-electron chi connectivity index (χ0n) is 9.13. The Kier molecular flexibility index (Phi) is 3.92. The molecule has 0 spiro atoms. The van der Waals surface area contributed by atoms with Gasteiger partial charge in [-0.15, -0.1) is 0 Å². The molecule has 0 fully saturated rings. The minimum Gasteiger partial charge on any atom is -0.362 e. The summed E-state index contributed by atoms with van der Waals surface area (Å²) in [7, 11) is 1.66. The van der Waals surface area contributed by atoms with E-state index in [0.29, 0.717) is 0 Å². The molecule has 0 aromatic carbocycles. The van der Waals surface area contributed by atoms with Gasteiger partial charge in [0.25, 0.3) is 0 Å². The lowest BCUT2D eigenvalue weighted by Crippen LogP contribution is -2.48. The van der Waals surface area contributed by atoms with Crippen LogP contribution in [0.3, 0.4) is 0 Å². The maximum Gasteiger partial charge on any atom is 0.242 e. The molecule has 4 nitrogen and oxygen atoms in total. The lowest BCUT2D eigenvalue weighted by Gasteiger charge is -2.21. The van der Waals surface area contributed by atoms with E-state index in [4.69, 9.17) is 0 Å². The van der Waals surface area contributed by atoms with Gasteiger partial charge in [0.1, 0.15) is 6.04 Å². The molecule has 1 rings (SSSR count). The third kappa shape index (κ3) is 2.72. The highest BCUT2D eigenvalue weighted by molar-refractivity contribution is 5.90. The van der Waals surface area contributed by atoms with E-state index in [0.717, 1.165) is 25.2 Å². The van der Waals surface area contributed by atoms with Crippen LogP contribution in [0.2, 0.25) is 0 Å². The van der Waals surface area contributed by atoms with Crippen molar-refractivity contribution in [3.05, 3.63) is 0 Å². The molecule has 0 aromatic heterocycles. The number of carbonyl (C=O) groups is 1. The van der Waals surface area contributed by atoms with Gasteiger partial charge in [-0.3, -0.25) is 9.79 Å². The summed E-state index contributed by atoms with van der Waals surface area (Å²) in [5.74, 6) is 1.29. The van der Waals surface area contributed by atoms with E-state index in [1.54, 1.807) is 7.05 Å². The molecular formula is C10H19N3O. The minimum absolute atomic E-state index is 0.0367. The molecule has 1 amide bonds. The van der Waals surface area contributed by atoms with Crippen molar-refractivity contribution in [3.63, 3.8) is 0 Å². The number of nitrogens with zero attached hydrogens (tertiary/aromatic N) is 1. The highest BCUT2D eigenvalue weighted by atomic mass is 16.2. The van der Waals surface area contributed by atoms with Crippen molar-refractivity contribution in [1.82, 2.24) is 10.6 Å². The summed E-state index contributed by atoms with van der Waals surface area (Å²) in [6.45, 7) is 4.95. The summed E-state index contributed by atoms with van der Waals surface area (Å²) in [4.78, 5) is 15.8. The van der Waals surface area contributed by atoms with Gasteiger partial charge in [-0.1, -0.05) is 13.8 Å². The summed E-state index contributed by atoms with van der Waals surface area (Å²) >= 11 is 0. The Hall–Kier alpha value is -1.06. The maximum absolute atomic E-state index is 11.5. The van der Waals surface area contributed by atoms with E-state index in [-0.39, 0.29) is 17.9 Å². The number of amidine groups is 1. The van der Waals surface area contributed by atoms with Gasteiger partial charge in [0.2, 0.25) is 5.91 Å². The van der Waals surface area contributed by atoms with Crippen molar-refractivity contribution >= 4 is 11.7 Å². The average molecular weight is 197 g/mol. The molecule has 1 heterocycles. The number of likely N-dealkylation sites (N-methyl/N-ethyl adjacent to an activating group) is 1. The molecule has 0 unspecified atom stereocenters. The predicted octanol–water partition coefficient (Wildman–Crippen LogP) is 0.539. The number of carbonyl (C=O) groups excluding carboxylic acids is 1. The molecule has 0 radical (unpaired) electrons. The fourth-order valence-corrected chi connectivity index (χ4v) is 1.53. The van der Waals surface area contributed by atoms with Gasteiger partial charge in [-0.2, -0.15) is 0 Å². The predicted molar refractivity (Wildman–Crippen MR) is 57.4 cm³/mol. The first kappa shape index (κ1) is 11.0. The van der Waals surface area contributed by atoms with Crippen LogP contribution in [0, 0.1) is 5.92 Å². The number of hydrogen-bond acceptors (Lipinski definition) is 3. The highest BCUT2D eigenvalue weighted by Gasteiger charge is 2.22. The molecule has 1 atom stereocenters. The van der Waals surface area contributed by atoms with Gasteiger partial charge in [-0.25, -0.2) is 0 Å². The van der Waals surface area contributed by atoms with Gasteiger partial charge >= 0.3 is 0 Å². The van der Waals surface area contributed by atoms with Crippen molar-refractivity contribution < 1.29 is 4.79 Å². The van der Waals surface area contributed by atoms with Crippen LogP contribution in [-0.2, 0) is 4.79 Å².